The van der Waals surface area contributed by atoms with E-state index in [0.29, 0.717) is 0 Å². The summed E-state index contributed by atoms with van der Waals surface area (Å²) in [5, 5.41) is 2.09. The van der Waals surface area contributed by atoms with Crippen molar-refractivity contribution >= 4 is 46.6 Å². The maximum absolute atomic E-state index is 4.15. The van der Waals surface area contributed by atoms with Gasteiger partial charge in [0, 0.05) is 5.75 Å². The van der Waals surface area contributed by atoms with Crippen LogP contribution < -0.4 is 0 Å². The summed E-state index contributed by atoms with van der Waals surface area (Å²) in [4.78, 5) is 0. The van der Waals surface area contributed by atoms with Gasteiger partial charge in [-0.15, -0.1) is 11.3 Å². The van der Waals surface area contributed by atoms with Crippen molar-refractivity contribution in [2.45, 2.75) is 5.75 Å². The van der Waals surface area contributed by atoms with Crippen molar-refractivity contribution in [1.29, 1.82) is 0 Å². The van der Waals surface area contributed by atoms with Crippen LogP contribution in [-0.4, -0.2) is 0 Å². The molecular formula is C5H5IS2. The van der Waals surface area contributed by atoms with E-state index >= 15 is 0 Å². The molecule has 0 spiro atoms. The number of rotatable bonds is 1. The molecule has 0 saturated heterocycles. The van der Waals surface area contributed by atoms with Gasteiger partial charge in [0.2, 0.25) is 0 Å². The fourth-order valence-corrected chi connectivity index (χ4v) is 2.56. The average Bonchev–Trinajstić information content (AvgIpc) is 2.14. The molecule has 0 saturated carbocycles. The van der Waals surface area contributed by atoms with E-state index in [4.69, 9.17) is 0 Å². The highest BCUT2D eigenvalue weighted by molar-refractivity contribution is 14.1. The predicted molar refractivity (Wildman–Crippen MR) is 49.7 cm³/mol. The van der Waals surface area contributed by atoms with E-state index in [2.05, 4.69) is 46.7 Å². The van der Waals surface area contributed by atoms with Gasteiger partial charge in [-0.3, -0.25) is 0 Å². The lowest BCUT2D eigenvalue weighted by Crippen LogP contribution is -1.70. The first-order chi connectivity index (χ1) is 3.84. The van der Waals surface area contributed by atoms with Gasteiger partial charge < -0.3 is 0 Å². The van der Waals surface area contributed by atoms with Crippen LogP contribution in [0.5, 0.6) is 0 Å². The molecule has 0 amide bonds. The maximum atomic E-state index is 4.15. The van der Waals surface area contributed by atoms with Crippen molar-refractivity contribution in [2.75, 3.05) is 0 Å². The normalized spacial score (nSPS) is 9.75. The quantitative estimate of drug-likeness (QED) is 0.579. The highest BCUT2D eigenvalue weighted by Gasteiger charge is 1.94. The number of thiol groups is 1. The van der Waals surface area contributed by atoms with Crippen LogP contribution in [0.25, 0.3) is 0 Å². The highest BCUT2D eigenvalue weighted by Crippen LogP contribution is 2.19. The van der Waals surface area contributed by atoms with Gasteiger partial charge in [0.25, 0.3) is 0 Å². The number of thiophene rings is 1. The van der Waals surface area contributed by atoms with Crippen molar-refractivity contribution in [3.8, 4) is 0 Å². The summed E-state index contributed by atoms with van der Waals surface area (Å²) < 4.78 is 1.36. The van der Waals surface area contributed by atoms with Gasteiger partial charge in [-0.25, -0.2) is 0 Å². The van der Waals surface area contributed by atoms with Gasteiger partial charge in [0.05, 0.1) is 2.88 Å². The standard InChI is InChI=1S/C5H5IS2/c6-5-4(3-7)1-2-8-5/h1-2,7H,3H2. The highest BCUT2D eigenvalue weighted by atomic mass is 127. The Morgan fingerprint density at radius 2 is 2.50 bits per heavy atom. The summed E-state index contributed by atoms with van der Waals surface area (Å²) in [6.45, 7) is 0. The SMILES string of the molecule is SCc1ccsc1I. The van der Waals surface area contributed by atoms with E-state index in [9.17, 15) is 0 Å². The zero-order chi connectivity index (χ0) is 5.98. The van der Waals surface area contributed by atoms with E-state index in [1.165, 1.54) is 8.45 Å². The Kier molecular flexibility index (Phi) is 2.65. The van der Waals surface area contributed by atoms with Crippen LogP contribution in [0.2, 0.25) is 0 Å². The average molecular weight is 256 g/mol. The van der Waals surface area contributed by atoms with Crippen LogP contribution in [0, 0.1) is 2.88 Å². The van der Waals surface area contributed by atoms with E-state index in [0.717, 1.165) is 5.75 Å². The molecule has 44 valence electrons. The largest absolute Gasteiger partial charge is 0.174 e. The number of halogens is 1. The Morgan fingerprint density at radius 1 is 1.75 bits per heavy atom. The molecule has 0 fully saturated rings. The summed E-state index contributed by atoms with van der Waals surface area (Å²) in [6, 6.07) is 2.11. The predicted octanol–water partition coefficient (Wildman–Crippen LogP) is 2.78. The zero-order valence-electron chi connectivity index (χ0n) is 4.10. The van der Waals surface area contributed by atoms with Crippen LogP contribution >= 0.6 is 46.6 Å². The van der Waals surface area contributed by atoms with Crippen molar-refractivity contribution in [1.82, 2.24) is 0 Å². The molecule has 0 N–H and O–H groups in total. The summed E-state index contributed by atoms with van der Waals surface area (Å²) in [5.74, 6) is 0.863. The maximum Gasteiger partial charge on any atom is 0.0693 e. The Morgan fingerprint density at radius 3 is 2.75 bits per heavy atom. The Hall–Kier alpha value is 0.780. The van der Waals surface area contributed by atoms with Crippen LogP contribution in [-0.2, 0) is 5.75 Å². The Labute approximate surface area is 71.9 Å². The molecule has 0 atom stereocenters. The van der Waals surface area contributed by atoms with Gasteiger partial charge in [-0.2, -0.15) is 12.6 Å². The lowest BCUT2D eigenvalue weighted by atomic mass is 10.4. The van der Waals surface area contributed by atoms with Crippen molar-refractivity contribution in [2.24, 2.45) is 0 Å². The molecule has 0 radical (unpaired) electrons. The second-order valence-electron chi connectivity index (χ2n) is 1.38. The minimum Gasteiger partial charge on any atom is -0.174 e. The van der Waals surface area contributed by atoms with E-state index in [1.54, 1.807) is 11.3 Å². The summed E-state index contributed by atoms with van der Waals surface area (Å²) in [5.41, 5.74) is 1.35. The Bertz CT molecular complexity index is 171. The van der Waals surface area contributed by atoms with Crippen LogP contribution in [0.4, 0.5) is 0 Å². The Balaban J connectivity index is 2.92. The van der Waals surface area contributed by atoms with Crippen molar-refractivity contribution < 1.29 is 0 Å². The monoisotopic (exact) mass is 256 g/mol. The molecule has 1 rings (SSSR count). The molecule has 0 aliphatic rings. The number of hydrogen-bond acceptors (Lipinski definition) is 2. The van der Waals surface area contributed by atoms with Crippen molar-refractivity contribution in [3.05, 3.63) is 19.9 Å². The second-order valence-corrected chi connectivity index (χ2v) is 4.42. The minimum atomic E-state index is 0.863. The summed E-state index contributed by atoms with van der Waals surface area (Å²) >= 11 is 8.24. The molecule has 0 bridgehead atoms. The van der Waals surface area contributed by atoms with Gasteiger partial charge >= 0.3 is 0 Å². The molecule has 0 aliphatic heterocycles. The topological polar surface area (TPSA) is 0 Å². The van der Waals surface area contributed by atoms with Crippen LogP contribution in [0.1, 0.15) is 5.56 Å². The third kappa shape index (κ3) is 1.39. The van der Waals surface area contributed by atoms with Crippen molar-refractivity contribution in [3.63, 3.8) is 0 Å². The zero-order valence-corrected chi connectivity index (χ0v) is 7.96. The minimum absolute atomic E-state index is 0.863. The lowest BCUT2D eigenvalue weighted by Gasteiger charge is -1.85. The molecule has 0 nitrogen and oxygen atoms in total. The first-order valence-corrected chi connectivity index (χ1v) is 4.76. The smallest absolute Gasteiger partial charge is 0.0693 e. The first-order valence-electron chi connectivity index (χ1n) is 2.17. The van der Waals surface area contributed by atoms with Gasteiger partial charge in [-0.05, 0) is 39.6 Å². The second kappa shape index (κ2) is 3.08. The molecule has 0 unspecified atom stereocenters. The van der Waals surface area contributed by atoms with Gasteiger partial charge in [0.15, 0.2) is 0 Å². The summed E-state index contributed by atoms with van der Waals surface area (Å²) in [7, 11) is 0. The molecule has 3 heteroatoms. The first kappa shape index (κ1) is 6.89. The molecule has 1 aromatic rings. The van der Waals surface area contributed by atoms with Crippen LogP contribution in [0.3, 0.4) is 0 Å². The molecule has 1 aromatic heterocycles. The van der Waals surface area contributed by atoms with E-state index in [1.807, 2.05) is 0 Å². The molecule has 0 aromatic carbocycles. The lowest BCUT2D eigenvalue weighted by molar-refractivity contribution is 1.47. The number of hydrogen-bond donors (Lipinski definition) is 1. The fourth-order valence-electron chi connectivity index (χ4n) is 0.432. The van der Waals surface area contributed by atoms with E-state index < -0.39 is 0 Å². The molecule has 0 aliphatic carbocycles. The van der Waals surface area contributed by atoms with Crippen LogP contribution in [0.15, 0.2) is 11.4 Å². The third-order valence-corrected chi connectivity index (χ3v) is 3.40. The molecular weight excluding hydrogens is 251 g/mol. The molecule has 1 heterocycles. The van der Waals surface area contributed by atoms with Gasteiger partial charge in [0.1, 0.15) is 0 Å². The summed E-state index contributed by atoms with van der Waals surface area (Å²) in [6.07, 6.45) is 0. The third-order valence-electron chi connectivity index (χ3n) is 0.864. The van der Waals surface area contributed by atoms with E-state index in [-0.39, 0.29) is 0 Å². The fraction of sp³-hybridized carbons (Fsp3) is 0.200. The van der Waals surface area contributed by atoms with Gasteiger partial charge in [-0.1, -0.05) is 0 Å². The molecule has 8 heavy (non-hydrogen) atoms.